The van der Waals surface area contributed by atoms with Crippen LogP contribution in [0.25, 0.3) is 0 Å². The highest BCUT2D eigenvalue weighted by Crippen LogP contribution is 2.05. The minimum absolute atomic E-state index is 0.0821. The van der Waals surface area contributed by atoms with Crippen molar-refractivity contribution in [2.75, 3.05) is 0 Å². The molecule has 0 amide bonds. The van der Waals surface area contributed by atoms with E-state index in [-0.39, 0.29) is 9.89 Å². The number of ether oxygens (including phenoxy) is 1. The fourth-order valence-electron chi connectivity index (χ4n) is 0.844. The van der Waals surface area contributed by atoms with Crippen molar-refractivity contribution >= 4 is 28.6 Å². The van der Waals surface area contributed by atoms with Crippen LogP contribution in [0.15, 0.2) is 30.3 Å². The van der Waals surface area contributed by atoms with Crippen LogP contribution in [0.5, 0.6) is 0 Å². The number of carbonyl (C=O) groups excluding carboxylic acids is 1. The molecule has 0 aromatic heterocycles. The van der Waals surface area contributed by atoms with Crippen molar-refractivity contribution in [3.63, 3.8) is 0 Å². The second kappa shape index (κ2) is 5.21. The largest absolute Gasteiger partial charge is 0.460 e. The first-order chi connectivity index (χ1) is 6.20. The van der Waals surface area contributed by atoms with Crippen LogP contribution >= 0.6 is 22.6 Å². The molecule has 0 aliphatic rings. The zero-order valence-corrected chi connectivity index (χ0v) is 9.52. The average molecular weight is 290 g/mol. The van der Waals surface area contributed by atoms with Crippen molar-refractivity contribution in [1.29, 1.82) is 0 Å². The van der Waals surface area contributed by atoms with Gasteiger partial charge in [0.05, 0.1) is 0 Å². The van der Waals surface area contributed by atoms with Gasteiger partial charge in [0.2, 0.25) is 0 Å². The van der Waals surface area contributed by atoms with Crippen molar-refractivity contribution in [1.82, 2.24) is 0 Å². The molecule has 1 rings (SSSR count). The van der Waals surface area contributed by atoms with E-state index in [0.29, 0.717) is 6.61 Å². The van der Waals surface area contributed by atoms with Crippen molar-refractivity contribution in [2.24, 2.45) is 0 Å². The molecule has 0 bridgehead atoms. The molecule has 0 heterocycles. The van der Waals surface area contributed by atoms with Gasteiger partial charge in [0, 0.05) is 0 Å². The summed E-state index contributed by atoms with van der Waals surface area (Å²) in [4.78, 5) is 11.1. The number of alkyl halides is 1. The Hall–Kier alpha value is -0.580. The van der Waals surface area contributed by atoms with Gasteiger partial charge in [0.25, 0.3) is 0 Å². The number of benzene rings is 1. The number of hydrogen-bond acceptors (Lipinski definition) is 2. The molecule has 2 nitrogen and oxygen atoms in total. The highest BCUT2D eigenvalue weighted by atomic mass is 127. The second-order valence-corrected chi connectivity index (χ2v) is 4.58. The van der Waals surface area contributed by atoms with E-state index in [1.165, 1.54) is 0 Å². The maximum absolute atomic E-state index is 11.1. The molecule has 0 spiro atoms. The van der Waals surface area contributed by atoms with E-state index in [1.807, 2.05) is 59.8 Å². The average Bonchev–Trinajstić information content (AvgIpc) is 2.15. The summed E-state index contributed by atoms with van der Waals surface area (Å²) >= 11 is 2.04. The second-order valence-electron chi connectivity index (χ2n) is 2.71. The number of carbonyl (C=O) groups is 1. The van der Waals surface area contributed by atoms with E-state index in [9.17, 15) is 4.79 Å². The monoisotopic (exact) mass is 290 g/mol. The highest BCUT2D eigenvalue weighted by molar-refractivity contribution is 14.1. The number of esters is 1. The molecule has 0 N–H and O–H groups in total. The van der Waals surface area contributed by atoms with E-state index in [0.717, 1.165) is 5.56 Å². The van der Waals surface area contributed by atoms with E-state index in [2.05, 4.69) is 0 Å². The van der Waals surface area contributed by atoms with Gasteiger partial charge < -0.3 is 4.74 Å². The normalized spacial score (nSPS) is 12.2. The Labute approximate surface area is 91.4 Å². The molecular formula is C10H11IO2. The molecule has 0 aliphatic carbocycles. The van der Waals surface area contributed by atoms with Gasteiger partial charge in [-0.3, -0.25) is 4.79 Å². The predicted octanol–water partition coefficient (Wildman–Crippen LogP) is 2.55. The van der Waals surface area contributed by atoms with Crippen LogP contribution in [0.4, 0.5) is 0 Å². The first-order valence-corrected chi connectivity index (χ1v) is 5.29. The van der Waals surface area contributed by atoms with Crippen LogP contribution in [0.1, 0.15) is 12.5 Å². The lowest BCUT2D eigenvalue weighted by molar-refractivity contribution is -0.143. The molecule has 1 unspecified atom stereocenters. The van der Waals surface area contributed by atoms with Gasteiger partial charge >= 0.3 is 5.97 Å². The zero-order valence-electron chi connectivity index (χ0n) is 7.37. The van der Waals surface area contributed by atoms with E-state index in [4.69, 9.17) is 4.74 Å². The molecule has 3 heteroatoms. The Kier molecular flexibility index (Phi) is 4.21. The fraction of sp³-hybridized carbons (Fsp3) is 0.300. The van der Waals surface area contributed by atoms with Gasteiger partial charge in [-0.15, -0.1) is 0 Å². The standard InChI is InChI=1S/C10H11IO2/c1-8(11)10(12)13-7-9-5-3-2-4-6-9/h2-6,8H,7H2,1H3. The van der Waals surface area contributed by atoms with Crippen LogP contribution in [0.3, 0.4) is 0 Å². The van der Waals surface area contributed by atoms with Gasteiger partial charge in [-0.1, -0.05) is 52.9 Å². The minimum Gasteiger partial charge on any atom is -0.460 e. The molecule has 0 aliphatic heterocycles. The Balaban J connectivity index is 2.40. The first-order valence-electron chi connectivity index (χ1n) is 4.05. The molecule has 13 heavy (non-hydrogen) atoms. The number of hydrogen-bond donors (Lipinski definition) is 0. The maximum atomic E-state index is 11.1. The number of halogens is 1. The Bertz CT molecular complexity index is 270. The van der Waals surface area contributed by atoms with E-state index in [1.54, 1.807) is 0 Å². The van der Waals surface area contributed by atoms with Crippen LogP contribution in [0, 0.1) is 0 Å². The summed E-state index contributed by atoms with van der Waals surface area (Å²) in [6.07, 6.45) is 0. The third-order valence-corrected chi connectivity index (χ3v) is 2.06. The smallest absolute Gasteiger partial charge is 0.318 e. The van der Waals surface area contributed by atoms with Gasteiger partial charge in [0.15, 0.2) is 0 Å². The summed E-state index contributed by atoms with van der Waals surface area (Å²) < 4.78 is 4.96. The number of rotatable bonds is 3. The molecule has 1 aromatic carbocycles. The van der Waals surface area contributed by atoms with Crippen molar-refractivity contribution in [3.8, 4) is 0 Å². The lowest BCUT2D eigenvalue weighted by Crippen LogP contribution is -2.13. The van der Waals surface area contributed by atoms with Crippen LogP contribution < -0.4 is 0 Å². The van der Waals surface area contributed by atoms with Gasteiger partial charge in [-0.05, 0) is 12.5 Å². The summed E-state index contributed by atoms with van der Waals surface area (Å²) in [6, 6.07) is 9.66. The molecule has 1 atom stereocenters. The molecule has 1 aromatic rings. The lowest BCUT2D eigenvalue weighted by atomic mass is 10.2. The molecule has 0 saturated heterocycles. The van der Waals surface area contributed by atoms with Crippen molar-refractivity contribution < 1.29 is 9.53 Å². The molecule has 0 saturated carbocycles. The Morgan fingerprint density at radius 2 is 2.08 bits per heavy atom. The Morgan fingerprint density at radius 1 is 1.46 bits per heavy atom. The molecule has 70 valence electrons. The van der Waals surface area contributed by atoms with E-state index >= 15 is 0 Å². The van der Waals surface area contributed by atoms with Crippen molar-refractivity contribution in [2.45, 2.75) is 17.5 Å². The SMILES string of the molecule is CC(I)C(=O)OCc1ccccc1. The van der Waals surface area contributed by atoms with E-state index < -0.39 is 0 Å². The summed E-state index contributed by atoms with van der Waals surface area (Å²) in [5.41, 5.74) is 1.02. The summed E-state index contributed by atoms with van der Waals surface area (Å²) in [6.45, 7) is 2.18. The minimum atomic E-state index is -0.163. The lowest BCUT2D eigenvalue weighted by Gasteiger charge is -2.05. The predicted molar refractivity (Wildman–Crippen MR) is 59.7 cm³/mol. The first kappa shape index (κ1) is 10.5. The van der Waals surface area contributed by atoms with Crippen LogP contribution in [0.2, 0.25) is 0 Å². The summed E-state index contributed by atoms with van der Waals surface area (Å²) in [5.74, 6) is -0.163. The maximum Gasteiger partial charge on any atom is 0.318 e. The summed E-state index contributed by atoms with van der Waals surface area (Å²) in [5, 5.41) is 0. The third kappa shape index (κ3) is 3.76. The molecule has 0 fully saturated rings. The summed E-state index contributed by atoms with van der Waals surface area (Å²) in [7, 11) is 0. The van der Waals surface area contributed by atoms with Crippen molar-refractivity contribution in [3.05, 3.63) is 35.9 Å². The highest BCUT2D eigenvalue weighted by Gasteiger charge is 2.09. The van der Waals surface area contributed by atoms with Gasteiger partial charge in [-0.2, -0.15) is 0 Å². The topological polar surface area (TPSA) is 26.3 Å². The molecular weight excluding hydrogens is 279 g/mol. The van der Waals surface area contributed by atoms with Gasteiger partial charge in [-0.25, -0.2) is 0 Å². The fourth-order valence-corrected chi connectivity index (χ4v) is 1.02. The Morgan fingerprint density at radius 3 is 2.62 bits per heavy atom. The molecule has 0 radical (unpaired) electrons. The zero-order chi connectivity index (χ0) is 9.68. The van der Waals surface area contributed by atoms with Crippen LogP contribution in [-0.2, 0) is 16.1 Å². The van der Waals surface area contributed by atoms with Crippen LogP contribution in [-0.4, -0.2) is 9.89 Å². The third-order valence-electron chi connectivity index (χ3n) is 1.55. The van der Waals surface area contributed by atoms with Gasteiger partial charge in [0.1, 0.15) is 10.5 Å². The quantitative estimate of drug-likeness (QED) is 0.486.